The smallest absolute Gasteiger partial charge is 0.164 e. The van der Waals surface area contributed by atoms with Gasteiger partial charge in [-0.25, -0.2) is 15.0 Å². The highest BCUT2D eigenvalue weighted by atomic mass is 15.0. The number of fused-ring (bicyclic) bond motifs is 5. The first-order chi connectivity index (χ1) is 26.1. The van der Waals surface area contributed by atoms with Crippen LogP contribution in [0.1, 0.15) is 114 Å². The van der Waals surface area contributed by atoms with Crippen LogP contribution in [0.4, 0.5) is 0 Å². The van der Waals surface area contributed by atoms with Gasteiger partial charge < -0.3 is 0 Å². The first kappa shape index (κ1) is 34.9. The molecular formula is C49H51N5. The quantitative estimate of drug-likeness (QED) is 0.181. The van der Waals surface area contributed by atoms with Gasteiger partial charge in [0.1, 0.15) is 0 Å². The van der Waals surface area contributed by atoms with Crippen molar-refractivity contribution in [1.29, 1.82) is 10.5 Å². The summed E-state index contributed by atoms with van der Waals surface area (Å²) in [7, 11) is 0. The number of rotatable bonds is 5. The van der Waals surface area contributed by atoms with Crippen molar-refractivity contribution in [1.82, 2.24) is 15.0 Å². The standard InChI is InChI=1S/C49H51N5/c1-30-15-35-16-31(2)23-48(22-30,26-35)42-11-7-37(8-12-42)45-52-46(38-9-13-43(14-10-38)49-24-32(3)17-36(27-49)18-33(4)25-49)54-47(53-45)40-20-39-6-5-34(28-50)19-44(39)41(21-40)29-51/h5-14,19-21,30-33,35-36H,15-18,22-27H2,1-4H3/t30-,31+,32-,33+,35-,36-,48?,49?. The molecule has 4 saturated carbocycles. The third-order valence-electron chi connectivity index (χ3n) is 13.9. The number of aromatic nitrogens is 3. The van der Waals surface area contributed by atoms with Crippen molar-refractivity contribution in [2.24, 2.45) is 35.5 Å². The maximum Gasteiger partial charge on any atom is 0.164 e. The van der Waals surface area contributed by atoms with Gasteiger partial charge in [-0.05, 0) is 151 Å². The maximum absolute atomic E-state index is 10.2. The molecule has 4 fully saturated rings. The summed E-state index contributed by atoms with van der Waals surface area (Å²) in [6.07, 6.45) is 13.1. The number of nitriles is 2. The summed E-state index contributed by atoms with van der Waals surface area (Å²) < 4.78 is 0. The van der Waals surface area contributed by atoms with E-state index in [1.165, 1.54) is 75.3 Å². The Kier molecular flexibility index (Phi) is 8.69. The topological polar surface area (TPSA) is 86.2 Å². The molecule has 0 N–H and O–H groups in total. The molecule has 9 rings (SSSR count). The SMILES string of the molecule is C[C@@H]1C[C@@H]2C[C@H](C)CC(c3ccc(-c4nc(-c5ccc(C67C[C@H](C)C[C@H](C[C@H](C)C6)C7)cc5)nc(-c5cc(C#N)c6cc(C#N)ccc6c5)n4)cc3)(C1)C2. The summed E-state index contributed by atoms with van der Waals surface area (Å²) in [6.45, 7) is 9.78. The Morgan fingerprint density at radius 1 is 0.500 bits per heavy atom. The molecule has 0 aliphatic heterocycles. The molecule has 5 nitrogen and oxygen atoms in total. The van der Waals surface area contributed by atoms with Crippen LogP contribution in [0.25, 0.3) is 44.9 Å². The van der Waals surface area contributed by atoms with E-state index in [9.17, 15) is 10.5 Å². The summed E-state index contributed by atoms with van der Waals surface area (Å²) in [5, 5.41) is 21.4. The van der Waals surface area contributed by atoms with E-state index in [2.05, 4.69) is 88.4 Å². The largest absolute Gasteiger partial charge is 0.208 e. The Bertz CT molecular complexity index is 2170. The molecule has 54 heavy (non-hydrogen) atoms. The molecule has 272 valence electrons. The number of nitrogens with zero attached hydrogens (tertiary/aromatic N) is 5. The van der Waals surface area contributed by atoms with E-state index < -0.39 is 0 Å². The zero-order valence-corrected chi connectivity index (χ0v) is 32.3. The van der Waals surface area contributed by atoms with Gasteiger partial charge in [0.15, 0.2) is 17.5 Å². The van der Waals surface area contributed by atoms with Crippen LogP contribution >= 0.6 is 0 Å². The molecule has 4 aromatic carbocycles. The van der Waals surface area contributed by atoms with E-state index in [1.807, 2.05) is 18.2 Å². The second-order valence-electron chi connectivity index (χ2n) is 18.5. The van der Waals surface area contributed by atoms with Crippen LogP contribution in [0.2, 0.25) is 0 Å². The van der Waals surface area contributed by atoms with E-state index in [0.717, 1.165) is 63.0 Å². The minimum atomic E-state index is 0.256. The van der Waals surface area contributed by atoms with Crippen molar-refractivity contribution in [3.63, 3.8) is 0 Å². The van der Waals surface area contributed by atoms with E-state index in [0.29, 0.717) is 28.6 Å². The fourth-order valence-corrected chi connectivity index (χ4v) is 12.5. The van der Waals surface area contributed by atoms with Crippen LogP contribution in [0, 0.1) is 58.2 Å². The van der Waals surface area contributed by atoms with Crippen LogP contribution in [0.5, 0.6) is 0 Å². The van der Waals surface area contributed by atoms with Crippen molar-refractivity contribution >= 4 is 10.8 Å². The Balaban J connectivity index is 1.13. The molecule has 8 atom stereocenters. The monoisotopic (exact) mass is 709 g/mol. The van der Waals surface area contributed by atoms with Crippen LogP contribution in [0.3, 0.4) is 0 Å². The van der Waals surface area contributed by atoms with Gasteiger partial charge in [-0.2, -0.15) is 10.5 Å². The highest BCUT2D eigenvalue weighted by Crippen LogP contribution is 2.55. The zero-order chi connectivity index (χ0) is 37.2. The second kappa shape index (κ2) is 13.5. The Morgan fingerprint density at radius 2 is 0.944 bits per heavy atom. The Labute approximate surface area is 320 Å². The zero-order valence-electron chi connectivity index (χ0n) is 32.3. The van der Waals surface area contributed by atoms with Gasteiger partial charge in [-0.1, -0.05) is 82.3 Å². The fourth-order valence-electron chi connectivity index (χ4n) is 12.5. The molecular weight excluding hydrogens is 659 g/mol. The number of hydrogen-bond acceptors (Lipinski definition) is 5. The normalized spacial score (nSPS) is 30.3. The number of benzene rings is 4. The lowest BCUT2D eigenvalue weighted by Crippen LogP contribution is -2.42. The van der Waals surface area contributed by atoms with Gasteiger partial charge in [-0.3, -0.25) is 0 Å². The van der Waals surface area contributed by atoms with E-state index in [1.54, 1.807) is 12.1 Å². The lowest BCUT2D eigenvalue weighted by Gasteiger charge is -2.50. The predicted molar refractivity (Wildman–Crippen MR) is 216 cm³/mol. The molecule has 4 aliphatic carbocycles. The van der Waals surface area contributed by atoms with E-state index in [4.69, 9.17) is 15.0 Å². The maximum atomic E-state index is 10.2. The summed E-state index contributed by atoms with van der Waals surface area (Å²) in [5.41, 5.74) is 7.16. The average Bonchev–Trinajstić information content (AvgIpc) is 3.16. The van der Waals surface area contributed by atoms with E-state index in [-0.39, 0.29) is 10.8 Å². The second-order valence-corrected chi connectivity index (χ2v) is 18.5. The molecule has 5 heteroatoms. The van der Waals surface area contributed by atoms with Gasteiger partial charge in [0, 0.05) is 22.1 Å². The van der Waals surface area contributed by atoms with E-state index >= 15 is 0 Å². The van der Waals surface area contributed by atoms with Crippen LogP contribution in [-0.4, -0.2) is 15.0 Å². The first-order valence-electron chi connectivity index (χ1n) is 20.5. The third-order valence-corrected chi connectivity index (χ3v) is 13.9. The first-order valence-corrected chi connectivity index (χ1v) is 20.5. The van der Waals surface area contributed by atoms with Gasteiger partial charge in [0.2, 0.25) is 0 Å². The molecule has 0 spiro atoms. The minimum absolute atomic E-state index is 0.256. The molecule has 2 unspecified atom stereocenters. The van der Waals surface area contributed by atoms with Crippen LogP contribution in [-0.2, 0) is 10.8 Å². The highest BCUT2D eigenvalue weighted by Gasteiger charge is 2.46. The van der Waals surface area contributed by atoms with Crippen LogP contribution in [0.15, 0.2) is 78.9 Å². The molecule has 0 radical (unpaired) electrons. The Hall–Kier alpha value is -4.87. The summed E-state index contributed by atoms with van der Waals surface area (Å²) in [4.78, 5) is 15.4. The van der Waals surface area contributed by atoms with Crippen molar-refractivity contribution in [2.75, 3.05) is 0 Å². The van der Waals surface area contributed by atoms with Gasteiger partial charge in [-0.15, -0.1) is 0 Å². The highest BCUT2D eigenvalue weighted by molar-refractivity contribution is 5.92. The summed E-state index contributed by atoms with van der Waals surface area (Å²) in [5.74, 6) is 6.49. The molecule has 4 bridgehead atoms. The predicted octanol–water partition coefficient (Wildman–Crippen LogP) is 12.0. The molecule has 4 aliphatic rings. The number of hydrogen-bond donors (Lipinski definition) is 0. The lowest BCUT2D eigenvalue weighted by atomic mass is 9.54. The third kappa shape index (κ3) is 6.30. The average molecular weight is 710 g/mol. The van der Waals surface area contributed by atoms with Gasteiger partial charge >= 0.3 is 0 Å². The van der Waals surface area contributed by atoms with Crippen molar-refractivity contribution in [3.05, 3.63) is 101 Å². The summed E-state index contributed by atoms with van der Waals surface area (Å²) in [6, 6.07) is 32.2. The van der Waals surface area contributed by atoms with Crippen molar-refractivity contribution < 1.29 is 0 Å². The van der Waals surface area contributed by atoms with Crippen molar-refractivity contribution in [2.45, 2.75) is 103 Å². The van der Waals surface area contributed by atoms with Gasteiger partial charge in [0.05, 0.1) is 23.3 Å². The molecule has 1 heterocycles. The lowest BCUT2D eigenvalue weighted by molar-refractivity contribution is 0.0779. The minimum Gasteiger partial charge on any atom is -0.208 e. The van der Waals surface area contributed by atoms with Crippen LogP contribution < -0.4 is 0 Å². The Morgan fingerprint density at radius 3 is 1.37 bits per heavy atom. The van der Waals surface area contributed by atoms with Crippen molar-refractivity contribution in [3.8, 4) is 46.3 Å². The molecule has 5 aromatic rings. The molecule has 1 aromatic heterocycles. The summed E-state index contributed by atoms with van der Waals surface area (Å²) >= 11 is 0. The molecule has 0 amide bonds. The fraction of sp³-hybridized carbons (Fsp3) is 0.449. The van der Waals surface area contributed by atoms with Gasteiger partial charge in [0.25, 0.3) is 0 Å². The molecule has 0 saturated heterocycles.